The molecule has 1 saturated heterocycles. The van der Waals surface area contributed by atoms with Crippen molar-refractivity contribution in [1.82, 2.24) is 0 Å². The number of anilines is 1. The van der Waals surface area contributed by atoms with Crippen molar-refractivity contribution in [2.75, 3.05) is 4.90 Å². The van der Waals surface area contributed by atoms with Crippen LogP contribution in [0, 0.1) is 5.82 Å². The minimum atomic E-state index is -0.467. The summed E-state index contributed by atoms with van der Waals surface area (Å²) in [5, 5.41) is 0.458. The van der Waals surface area contributed by atoms with Gasteiger partial charge < -0.3 is 4.74 Å². The average molecular weight is 509 g/mol. The molecule has 0 N–H and O–H groups in total. The van der Waals surface area contributed by atoms with E-state index in [9.17, 15) is 14.0 Å². The third-order valence-electron chi connectivity index (χ3n) is 4.47. The van der Waals surface area contributed by atoms with Crippen LogP contribution in [0.2, 0.25) is 15.1 Å². The van der Waals surface area contributed by atoms with Crippen LogP contribution in [0.15, 0.2) is 65.6 Å². The van der Waals surface area contributed by atoms with Crippen molar-refractivity contribution in [3.8, 4) is 5.75 Å². The van der Waals surface area contributed by atoms with Gasteiger partial charge in [0.15, 0.2) is 5.75 Å². The van der Waals surface area contributed by atoms with Gasteiger partial charge in [0.25, 0.3) is 11.1 Å². The molecule has 1 heterocycles. The number of ether oxygens (including phenoxy) is 1. The minimum Gasteiger partial charge on any atom is -0.486 e. The first-order chi connectivity index (χ1) is 15.3. The SMILES string of the molecule is O=C1S/C(=C/c2cc(Cl)c(OCc3ccc(F)cc3)c(Cl)c2)C(=O)N1c1cccc(Cl)c1. The number of benzene rings is 3. The second kappa shape index (κ2) is 9.55. The van der Waals surface area contributed by atoms with Crippen LogP contribution in [0.3, 0.4) is 0 Å². The molecule has 2 amide bonds. The number of carbonyl (C=O) groups is 2. The number of hydrogen-bond donors (Lipinski definition) is 0. The van der Waals surface area contributed by atoms with Crippen molar-refractivity contribution in [1.29, 1.82) is 0 Å². The van der Waals surface area contributed by atoms with Gasteiger partial charge in [-0.1, -0.05) is 53.0 Å². The number of amides is 2. The monoisotopic (exact) mass is 507 g/mol. The fourth-order valence-corrected chi connectivity index (χ4v) is 4.63. The molecule has 0 bridgehead atoms. The van der Waals surface area contributed by atoms with E-state index in [0.717, 1.165) is 22.2 Å². The van der Waals surface area contributed by atoms with Gasteiger partial charge in [0.05, 0.1) is 20.6 Å². The van der Waals surface area contributed by atoms with Crippen LogP contribution in [-0.4, -0.2) is 11.1 Å². The van der Waals surface area contributed by atoms with Gasteiger partial charge in [0.1, 0.15) is 12.4 Å². The second-order valence-electron chi connectivity index (χ2n) is 6.73. The van der Waals surface area contributed by atoms with Gasteiger partial charge in [-0.3, -0.25) is 9.59 Å². The van der Waals surface area contributed by atoms with Gasteiger partial charge in [-0.2, -0.15) is 0 Å². The van der Waals surface area contributed by atoms with E-state index in [0.29, 0.717) is 16.3 Å². The fourth-order valence-electron chi connectivity index (χ4n) is 2.99. The zero-order chi connectivity index (χ0) is 22.8. The van der Waals surface area contributed by atoms with Crippen LogP contribution in [0.25, 0.3) is 6.08 Å². The Hall–Kier alpha value is -2.51. The first-order valence-corrected chi connectivity index (χ1v) is 11.2. The number of thioether (sulfide) groups is 1. The van der Waals surface area contributed by atoms with E-state index in [4.69, 9.17) is 39.5 Å². The zero-order valence-corrected chi connectivity index (χ0v) is 19.2. The van der Waals surface area contributed by atoms with Gasteiger partial charge in [-0.15, -0.1) is 0 Å². The Labute approximate surface area is 202 Å². The average Bonchev–Trinajstić information content (AvgIpc) is 3.01. The lowest BCUT2D eigenvalue weighted by atomic mass is 10.2. The molecule has 3 aromatic rings. The summed E-state index contributed by atoms with van der Waals surface area (Å²) in [7, 11) is 0. The number of nitrogens with zero attached hydrogens (tertiary/aromatic N) is 1. The molecule has 9 heteroatoms. The number of imide groups is 1. The predicted octanol–water partition coefficient (Wildman–Crippen LogP) is 7.61. The maximum atomic E-state index is 13.0. The maximum Gasteiger partial charge on any atom is 0.298 e. The van der Waals surface area contributed by atoms with Crippen molar-refractivity contribution < 1.29 is 18.7 Å². The Bertz CT molecular complexity index is 1220. The largest absolute Gasteiger partial charge is 0.486 e. The quantitative estimate of drug-likeness (QED) is 0.333. The highest BCUT2D eigenvalue weighted by atomic mass is 35.5. The van der Waals surface area contributed by atoms with E-state index >= 15 is 0 Å². The van der Waals surface area contributed by atoms with Crippen LogP contribution in [0.1, 0.15) is 11.1 Å². The van der Waals surface area contributed by atoms with Crippen molar-refractivity contribution in [2.24, 2.45) is 0 Å². The molecule has 4 rings (SSSR count). The molecular formula is C23H13Cl3FNO3S. The Morgan fingerprint density at radius 2 is 1.66 bits per heavy atom. The molecule has 1 fully saturated rings. The molecule has 0 spiro atoms. The summed E-state index contributed by atoms with van der Waals surface area (Å²) in [6, 6.07) is 15.5. The number of rotatable bonds is 5. The van der Waals surface area contributed by atoms with Crippen LogP contribution in [0.4, 0.5) is 14.9 Å². The highest BCUT2D eigenvalue weighted by Crippen LogP contribution is 2.39. The van der Waals surface area contributed by atoms with Crippen molar-refractivity contribution >= 4 is 69.5 Å². The molecule has 1 aliphatic heterocycles. The van der Waals surface area contributed by atoms with Gasteiger partial charge in [-0.05, 0) is 71.4 Å². The lowest BCUT2D eigenvalue weighted by Crippen LogP contribution is -2.27. The van der Waals surface area contributed by atoms with Crippen LogP contribution in [0.5, 0.6) is 5.75 Å². The molecule has 0 aliphatic carbocycles. The summed E-state index contributed by atoms with van der Waals surface area (Å²) in [6.45, 7) is 0.150. The zero-order valence-electron chi connectivity index (χ0n) is 16.2. The van der Waals surface area contributed by atoms with Gasteiger partial charge >= 0.3 is 0 Å². The van der Waals surface area contributed by atoms with E-state index in [1.807, 2.05) is 0 Å². The number of hydrogen-bond acceptors (Lipinski definition) is 4. The van der Waals surface area contributed by atoms with E-state index < -0.39 is 11.1 Å². The number of halogens is 4. The normalized spacial score (nSPS) is 15.0. The molecular weight excluding hydrogens is 496 g/mol. The summed E-state index contributed by atoms with van der Waals surface area (Å²) in [6.07, 6.45) is 1.54. The molecule has 162 valence electrons. The van der Waals surface area contributed by atoms with E-state index in [1.165, 1.54) is 18.2 Å². The van der Waals surface area contributed by atoms with E-state index in [-0.39, 0.29) is 33.1 Å². The summed E-state index contributed by atoms with van der Waals surface area (Å²) < 4.78 is 18.7. The molecule has 0 saturated carbocycles. The van der Waals surface area contributed by atoms with Crippen molar-refractivity contribution in [2.45, 2.75) is 6.61 Å². The highest BCUT2D eigenvalue weighted by molar-refractivity contribution is 8.19. The molecule has 32 heavy (non-hydrogen) atoms. The molecule has 0 aromatic heterocycles. The Morgan fingerprint density at radius 1 is 0.969 bits per heavy atom. The van der Waals surface area contributed by atoms with Crippen molar-refractivity contribution in [3.63, 3.8) is 0 Å². The van der Waals surface area contributed by atoms with Gasteiger partial charge in [0, 0.05) is 5.02 Å². The van der Waals surface area contributed by atoms with E-state index in [1.54, 1.807) is 48.5 Å². The van der Waals surface area contributed by atoms with Crippen LogP contribution >= 0.6 is 46.6 Å². The lowest BCUT2D eigenvalue weighted by molar-refractivity contribution is -0.113. The molecule has 1 aliphatic rings. The second-order valence-corrected chi connectivity index (χ2v) is 8.97. The Morgan fingerprint density at radius 3 is 2.31 bits per heavy atom. The Balaban J connectivity index is 1.54. The first kappa shape index (κ1) is 22.7. The smallest absolute Gasteiger partial charge is 0.298 e. The third-order valence-corrected chi connectivity index (χ3v) is 6.14. The lowest BCUT2D eigenvalue weighted by Gasteiger charge is -2.12. The highest BCUT2D eigenvalue weighted by Gasteiger charge is 2.36. The fraction of sp³-hybridized carbons (Fsp3) is 0.0435. The summed E-state index contributed by atoms with van der Waals surface area (Å²) >= 11 is 19.5. The summed E-state index contributed by atoms with van der Waals surface area (Å²) in [4.78, 5) is 26.5. The molecule has 0 unspecified atom stereocenters. The first-order valence-electron chi connectivity index (χ1n) is 9.21. The Kier molecular flexibility index (Phi) is 6.76. The van der Waals surface area contributed by atoms with Gasteiger partial charge in [0.2, 0.25) is 0 Å². The third kappa shape index (κ3) is 4.94. The standard InChI is InChI=1S/C23H13Cl3FNO3S/c24-15-2-1-3-17(11-15)28-22(29)20(32-23(28)30)10-14-8-18(25)21(19(26)9-14)31-12-13-4-6-16(27)7-5-13/h1-11H,12H2/b20-10+. The summed E-state index contributed by atoms with van der Waals surface area (Å²) in [5.74, 6) is -0.540. The maximum absolute atomic E-state index is 13.0. The summed E-state index contributed by atoms with van der Waals surface area (Å²) in [5.41, 5.74) is 1.67. The van der Waals surface area contributed by atoms with Crippen LogP contribution < -0.4 is 9.64 Å². The molecule has 3 aromatic carbocycles. The van der Waals surface area contributed by atoms with E-state index in [2.05, 4.69) is 0 Å². The van der Waals surface area contributed by atoms with Crippen molar-refractivity contribution in [3.05, 3.63) is 97.6 Å². The minimum absolute atomic E-state index is 0.150. The molecule has 0 atom stereocenters. The van der Waals surface area contributed by atoms with Gasteiger partial charge in [-0.25, -0.2) is 9.29 Å². The predicted molar refractivity (Wildman–Crippen MR) is 127 cm³/mol. The topological polar surface area (TPSA) is 46.6 Å². The molecule has 0 radical (unpaired) electrons. The number of carbonyl (C=O) groups excluding carboxylic acids is 2. The van der Waals surface area contributed by atoms with Crippen LogP contribution in [-0.2, 0) is 11.4 Å². The molecule has 4 nitrogen and oxygen atoms in total.